The van der Waals surface area contributed by atoms with Gasteiger partial charge in [-0.3, -0.25) is 0 Å². The van der Waals surface area contributed by atoms with Gasteiger partial charge in [-0.15, -0.1) is 16.9 Å². The van der Waals surface area contributed by atoms with E-state index in [-0.39, 0.29) is 17.9 Å². The highest BCUT2D eigenvalue weighted by atomic mass is 32.2. The summed E-state index contributed by atoms with van der Waals surface area (Å²) in [6, 6.07) is 10.7. The zero-order valence-corrected chi connectivity index (χ0v) is 13.0. The van der Waals surface area contributed by atoms with Crippen LogP contribution in [0.1, 0.15) is 5.69 Å². The third-order valence-corrected chi connectivity index (χ3v) is 4.05. The lowest BCUT2D eigenvalue weighted by Gasteiger charge is -2.09. The summed E-state index contributed by atoms with van der Waals surface area (Å²) in [5.41, 5.74) is 1.59. The Hall–Kier alpha value is -2.25. The second kappa shape index (κ2) is 6.47. The molecule has 0 aliphatic rings. The molecule has 1 N–H and O–H groups in total. The van der Waals surface area contributed by atoms with E-state index >= 15 is 0 Å². The van der Waals surface area contributed by atoms with Gasteiger partial charge in [-0.05, 0) is 36.6 Å². The molecule has 1 heterocycles. The topological polar surface area (TPSA) is 50.9 Å². The molecule has 0 radical (unpaired) electrons. The van der Waals surface area contributed by atoms with E-state index in [1.54, 1.807) is 11.8 Å². The minimum Gasteiger partial charge on any atom is -0.390 e. The number of aliphatic hydroxyl groups excluding tert-OH is 1. The Bertz CT molecular complexity index is 831. The smallest absolute Gasteiger partial charge is 0.126 e. The molecule has 0 saturated carbocycles. The number of nitrogens with zero attached hydrogens (tertiary/aromatic N) is 3. The number of aromatic nitrogens is 3. The summed E-state index contributed by atoms with van der Waals surface area (Å²) in [6.45, 7) is -0.379. The van der Waals surface area contributed by atoms with E-state index < -0.39 is 11.6 Å². The monoisotopic (exact) mass is 333 g/mol. The predicted molar refractivity (Wildman–Crippen MR) is 84.4 cm³/mol. The highest BCUT2D eigenvalue weighted by Gasteiger charge is 2.17. The summed E-state index contributed by atoms with van der Waals surface area (Å²) in [7, 11) is 0. The van der Waals surface area contributed by atoms with Crippen LogP contribution in [0.25, 0.3) is 16.9 Å². The molecule has 0 aliphatic heterocycles. The molecule has 1 aromatic heterocycles. The zero-order chi connectivity index (χ0) is 16.4. The van der Waals surface area contributed by atoms with Crippen molar-refractivity contribution in [2.24, 2.45) is 0 Å². The fourth-order valence-electron chi connectivity index (χ4n) is 2.32. The Morgan fingerprint density at radius 3 is 2.52 bits per heavy atom. The van der Waals surface area contributed by atoms with Crippen molar-refractivity contribution in [1.82, 2.24) is 15.0 Å². The van der Waals surface area contributed by atoms with E-state index in [0.717, 1.165) is 11.0 Å². The van der Waals surface area contributed by atoms with E-state index in [0.29, 0.717) is 11.4 Å². The molecule has 4 nitrogen and oxygen atoms in total. The predicted octanol–water partition coefficient (Wildman–Crippen LogP) is 3.43. The van der Waals surface area contributed by atoms with E-state index in [2.05, 4.69) is 10.3 Å². The van der Waals surface area contributed by atoms with Crippen molar-refractivity contribution in [3.8, 4) is 16.9 Å². The van der Waals surface area contributed by atoms with Gasteiger partial charge in [0.1, 0.15) is 23.0 Å². The van der Waals surface area contributed by atoms with Crippen LogP contribution in [0.3, 0.4) is 0 Å². The summed E-state index contributed by atoms with van der Waals surface area (Å²) >= 11 is 1.57. The second-order valence-electron chi connectivity index (χ2n) is 4.81. The number of aliphatic hydroxyl groups is 1. The van der Waals surface area contributed by atoms with Crippen molar-refractivity contribution >= 4 is 11.8 Å². The van der Waals surface area contributed by atoms with Crippen LogP contribution >= 0.6 is 11.8 Å². The summed E-state index contributed by atoms with van der Waals surface area (Å²) < 4.78 is 28.6. The Morgan fingerprint density at radius 1 is 1.13 bits per heavy atom. The Morgan fingerprint density at radius 2 is 1.87 bits per heavy atom. The number of hydrogen-bond acceptors (Lipinski definition) is 4. The minimum absolute atomic E-state index is 0.254. The maximum absolute atomic E-state index is 13.6. The molecule has 3 rings (SSSR count). The van der Waals surface area contributed by atoms with Crippen LogP contribution < -0.4 is 0 Å². The maximum Gasteiger partial charge on any atom is 0.126 e. The third-order valence-electron chi connectivity index (χ3n) is 3.32. The number of hydrogen-bond donors (Lipinski definition) is 1. The molecule has 3 aromatic rings. The number of benzene rings is 2. The van der Waals surface area contributed by atoms with Gasteiger partial charge in [0.05, 0.1) is 12.3 Å². The number of halogens is 2. The van der Waals surface area contributed by atoms with Gasteiger partial charge in [0.25, 0.3) is 0 Å². The van der Waals surface area contributed by atoms with Crippen molar-refractivity contribution in [3.05, 3.63) is 59.8 Å². The Balaban J connectivity index is 2.21. The van der Waals surface area contributed by atoms with Crippen molar-refractivity contribution in [1.29, 1.82) is 0 Å². The van der Waals surface area contributed by atoms with Crippen molar-refractivity contribution in [2.45, 2.75) is 11.5 Å². The summed E-state index contributed by atoms with van der Waals surface area (Å²) in [6.07, 6.45) is 1.95. The van der Waals surface area contributed by atoms with E-state index in [9.17, 15) is 13.9 Å². The third kappa shape index (κ3) is 3.11. The van der Waals surface area contributed by atoms with Crippen LogP contribution in [0.15, 0.2) is 47.4 Å². The SMILES string of the molecule is CSc1cccc(-n2nnc(CO)c2-c2cc(F)cc(F)c2)c1. The van der Waals surface area contributed by atoms with Gasteiger partial charge in [-0.25, -0.2) is 13.5 Å². The number of thioether (sulfide) groups is 1. The first kappa shape index (κ1) is 15.6. The second-order valence-corrected chi connectivity index (χ2v) is 5.69. The van der Waals surface area contributed by atoms with Gasteiger partial charge in [0, 0.05) is 16.5 Å². The fourth-order valence-corrected chi connectivity index (χ4v) is 2.78. The molecular weight excluding hydrogens is 320 g/mol. The molecule has 0 atom stereocenters. The average molecular weight is 333 g/mol. The molecule has 0 fully saturated rings. The van der Waals surface area contributed by atoms with E-state index in [1.165, 1.54) is 16.8 Å². The maximum atomic E-state index is 13.6. The molecule has 2 aromatic carbocycles. The summed E-state index contributed by atoms with van der Waals surface area (Å²) in [5.74, 6) is -1.40. The highest BCUT2D eigenvalue weighted by Crippen LogP contribution is 2.28. The molecular formula is C16H13F2N3OS. The molecule has 0 unspecified atom stereocenters. The summed E-state index contributed by atoms with van der Waals surface area (Å²) in [4.78, 5) is 1.01. The first-order chi connectivity index (χ1) is 11.1. The molecule has 0 amide bonds. The van der Waals surface area contributed by atoms with Gasteiger partial charge in [0.2, 0.25) is 0 Å². The van der Waals surface area contributed by atoms with Crippen LogP contribution in [-0.4, -0.2) is 26.4 Å². The van der Waals surface area contributed by atoms with Crippen LogP contribution in [0, 0.1) is 11.6 Å². The Labute approximate surface area is 135 Å². The first-order valence-corrected chi connectivity index (χ1v) is 8.01. The van der Waals surface area contributed by atoms with Crippen LogP contribution in [0.2, 0.25) is 0 Å². The average Bonchev–Trinajstić information content (AvgIpc) is 2.98. The first-order valence-electron chi connectivity index (χ1n) is 6.78. The van der Waals surface area contributed by atoms with Crippen LogP contribution in [0.5, 0.6) is 0 Å². The quantitative estimate of drug-likeness (QED) is 0.743. The highest BCUT2D eigenvalue weighted by molar-refractivity contribution is 7.98. The number of rotatable bonds is 4. The molecule has 0 aliphatic carbocycles. The molecule has 0 bridgehead atoms. The molecule has 118 valence electrons. The molecule has 0 spiro atoms. The van der Waals surface area contributed by atoms with Gasteiger partial charge in [-0.1, -0.05) is 11.3 Å². The minimum atomic E-state index is -0.700. The van der Waals surface area contributed by atoms with Crippen molar-refractivity contribution in [3.63, 3.8) is 0 Å². The molecule has 7 heteroatoms. The zero-order valence-electron chi connectivity index (χ0n) is 12.2. The van der Waals surface area contributed by atoms with E-state index in [4.69, 9.17) is 0 Å². The van der Waals surface area contributed by atoms with Gasteiger partial charge in [0.15, 0.2) is 0 Å². The normalized spacial score (nSPS) is 11.0. The Kier molecular flexibility index (Phi) is 4.40. The van der Waals surface area contributed by atoms with Gasteiger partial charge in [-0.2, -0.15) is 0 Å². The molecule has 0 saturated heterocycles. The lowest BCUT2D eigenvalue weighted by atomic mass is 10.1. The molecule has 23 heavy (non-hydrogen) atoms. The fraction of sp³-hybridized carbons (Fsp3) is 0.125. The van der Waals surface area contributed by atoms with E-state index in [1.807, 2.05) is 30.5 Å². The lowest BCUT2D eigenvalue weighted by Crippen LogP contribution is -2.01. The summed E-state index contributed by atoms with van der Waals surface area (Å²) in [5, 5.41) is 17.4. The largest absolute Gasteiger partial charge is 0.390 e. The van der Waals surface area contributed by atoms with Crippen LogP contribution in [0.4, 0.5) is 8.78 Å². The van der Waals surface area contributed by atoms with Gasteiger partial charge < -0.3 is 5.11 Å². The van der Waals surface area contributed by atoms with Crippen molar-refractivity contribution < 1.29 is 13.9 Å². The standard InChI is InChI=1S/C16H13F2N3OS/c1-23-14-4-2-3-13(8-14)21-16(15(9-22)19-20-21)10-5-11(17)7-12(18)6-10/h2-8,22H,9H2,1H3. The van der Waals surface area contributed by atoms with Crippen molar-refractivity contribution in [2.75, 3.05) is 6.26 Å². The van der Waals surface area contributed by atoms with Gasteiger partial charge >= 0.3 is 0 Å². The lowest BCUT2D eigenvalue weighted by molar-refractivity contribution is 0.277. The van der Waals surface area contributed by atoms with Crippen LogP contribution in [-0.2, 0) is 6.61 Å².